The minimum absolute atomic E-state index is 0.142. The van der Waals surface area contributed by atoms with E-state index in [0.29, 0.717) is 0 Å². The Kier molecular flexibility index (Phi) is 4.44. The van der Waals surface area contributed by atoms with E-state index in [1.807, 2.05) is 0 Å². The molecular weight excluding hydrogens is 307 g/mol. The molecule has 2 rings (SSSR count). The number of hydrogen-bond acceptors (Lipinski definition) is 5. The number of amides is 1. The zero-order valence-electron chi connectivity index (χ0n) is 13.2. The molecule has 1 aromatic carbocycles. The van der Waals surface area contributed by atoms with E-state index in [-0.39, 0.29) is 12.4 Å². The van der Waals surface area contributed by atoms with Gasteiger partial charge in [-0.2, -0.15) is 4.39 Å². The van der Waals surface area contributed by atoms with Crippen LogP contribution >= 0.6 is 0 Å². The third-order valence-corrected chi connectivity index (χ3v) is 3.25. The van der Waals surface area contributed by atoms with E-state index in [4.69, 9.17) is 9.47 Å². The van der Waals surface area contributed by atoms with Crippen LogP contribution in [0.4, 0.5) is 14.9 Å². The van der Waals surface area contributed by atoms with Gasteiger partial charge in [-0.25, -0.2) is 4.79 Å². The smallest absolute Gasteiger partial charge is 0.408 e. The lowest BCUT2D eigenvalue weighted by molar-refractivity contribution is -0.387. The molecule has 1 fully saturated rings. The van der Waals surface area contributed by atoms with E-state index < -0.39 is 33.7 Å². The molecule has 8 heteroatoms. The van der Waals surface area contributed by atoms with Gasteiger partial charge >= 0.3 is 11.8 Å². The Hall–Kier alpha value is -2.38. The topological polar surface area (TPSA) is 90.7 Å². The van der Waals surface area contributed by atoms with Gasteiger partial charge in [0.05, 0.1) is 10.5 Å². The van der Waals surface area contributed by atoms with Gasteiger partial charge in [-0.05, 0) is 39.7 Å². The fourth-order valence-electron chi connectivity index (χ4n) is 1.92. The first-order valence-corrected chi connectivity index (χ1v) is 7.18. The van der Waals surface area contributed by atoms with Crippen LogP contribution in [0, 0.1) is 15.9 Å². The second-order valence-electron chi connectivity index (χ2n) is 6.57. The normalized spacial score (nSPS) is 15.7. The van der Waals surface area contributed by atoms with Crippen LogP contribution in [0.25, 0.3) is 0 Å². The first-order valence-electron chi connectivity index (χ1n) is 7.18. The van der Waals surface area contributed by atoms with Crippen LogP contribution in [0.5, 0.6) is 5.75 Å². The molecular formula is C15H19FN2O5. The van der Waals surface area contributed by atoms with Gasteiger partial charge < -0.3 is 14.8 Å². The molecule has 0 heterocycles. The SMILES string of the molecule is CC(C)(C)OC(=O)NC1(COc2ccc([N+](=O)[O-])c(F)c2)CC1. The number of halogens is 1. The largest absolute Gasteiger partial charge is 0.491 e. The van der Waals surface area contributed by atoms with Gasteiger partial charge in [0.15, 0.2) is 0 Å². The summed E-state index contributed by atoms with van der Waals surface area (Å²) in [5, 5.41) is 13.3. The Morgan fingerprint density at radius 1 is 1.43 bits per heavy atom. The fraction of sp³-hybridized carbons (Fsp3) is 0.533. The van der Waals surface area contributed by atoms with Gasteiger partial charge in [0.25, 0.3) is 0 Å². The van der Waals surface area contributed by atoms with E-state index >= 15 is 0 Å². The van der Waals surface area contributed by atoms with E-state index in [0.717, 1.165) is 25.0 Å². The number of carbonyl (C=O) groups is 1. The van der Waals surface area contributed by atoms with Crippen molar-refractivity contribution in [3.63, 3.8) is 0 Å². The Morgan fingerprint density at radius 2 is 2.09 bits per heavy atom. The predicted molar refractivity (Wildman–Crippen MR) is 79.9 cm³/mol. The van der Waals surface area contributed by atoms with Crippen molar-refractivity contribution in [3.05, 3.63) is 34.1 Å². The lowest BCUT2D eigenvalue weighted by atomic mass is 10.2. The highest BCUT2D eigenvalue weighted by Gasteiger charge is 2.46. The standard InChI is InChI=1S/C15H19FN2O5/c1-14(2,3)23-13(19)17-15(6-7-15)9-22-10-4-5-12(18(20)21)11(16)8-10/h4-5,8H,6-7,9H2,1-3H3,(H,17,19). The van der Waals surface area contributed by atoms with Crippen LogP contribution in [0.1, 0.15) is 33.6 Å². The highest BCUT2D eigenvalue weighted by atomic mass is 19.1. The van der Waals surface area contributed by atoms with Gasteiger partial charge in [0.2, 0.25) is 5.82 Å². The summed E-state index contributed by atoms with van der Waals surface area (Å²) < 4.78 is 24.2. The molecule has 0 radical (unpaired) electrons. The lowest BCUT2D eigenvalue weighted by Gasteiger charge is -2.23. The van der Waals surface area contributed by atoms with Crippen molar-refractivity contribution in [2.24, 2.45) is 0 Å². The lowest BCUT2D eigenvalue weighted by Crippen LogP contribution is -2.44. The number of nitrogens with zero attached hydrogens (tertiary/aromatic N) is 1. The molecule has 0 unspecified atom stereocenters. The number of nitrogens with one attached hydrogen (secondary N) is 1. The number of benzene rings is 1. The minimum Gasteiger partial charge on any atom is -0.491 e. The number of carbonyl (C=O) groups excluding carboxylic acids is 1. The summed E-state index contributed by atoms with van der Waals surface area (Å²) >= 11 is 0. The molecule has 0 bridgehead atoms. The molecule has 1 aliphatic carbocycles. The monoisotopic (exact) mass is 326 g/mol. The highest BCUT2D eigenvalue weighted by molar-refractivity contribution is 5.69. The molecule has 0 saturated heterocycles. The molecule has 126 valence electrons. The summed E-state index contributed by atoms with van der Waals surface area (Å²) in [5.41, 5.74) is -1.73. The average molecular weight is 326 g/mol. The Labute approximate surface area is 132 Å². The third kappa shape index (κ3) is 4.80. The maximum absolute atomic E-state index is 13.5. The number of nitro groups is 1. The molecule has 0 aromatic heterocycles. The Morgan fingerprint density at radius 3 is 2.57 bits per heavy atom. The predicted octanol–water partition coefficient (Wildman–Crippen LogP) is 3.17. The quantitative estimate of drug-likeness (QED) is 0.663. The second kappa shape index (κ2) is 6.02. The third-order valence-electron chi connectivity index (χ3n) is 3.25. The van der Waals surface area contributed by atoms with Gasteiger partial charge in [0, 0.05) is 12.1 Å². The van der Waals surface area contributed by atoms with Crippen molar-refractivity contribution in [1.29, 1.82) is 0 Å². The zero-order chi connectivity index (χ0) is 17.3. The van der Waals surface area contributed by atoms with Crippen LogP contribution < -0.4 is 10.1 Å². The number of rotatable bonds is 5. The van der Waals surface area contributed by atoms with Gasteiger partial charge in [-0.15, -0.1) is 0 Å². The molecule has 7 nitrogen and oxygen atoms in total. The van der Waals surface area contributed by atoms with Crippen molar-refractivity contribution < 1.29 is 23.6 Å². The van der Waals surface area contributed by atoms with Crippen LogP contribution in [0.15, 0.2) is 18.2 Å². The van der Waals surface area contributed by atoms with E-state index in [1.54, 1.807) is 20.8 Å². The molecule has 23 heavy (non-hydrogen) atoms. The van der Waals surface area contributed by atoms with Gasteiger partial charge in [0.1, 0.15) is 18.0 Å². The molecule has 0 spiro atoms. The number of alkyl carbamates (subject to hydrolysis) is 1. The highest BCUT2D eigenvalue weighted by Crippen LogP contribution is 2.36. The maximum Gasteiger partial charge on any atom is 0.408 e. The zero-order valence-corrected chi connectivity index (χ0v) is 13.2. The second-order valence-corrected chi connectivity index (χ2v) is 6.57. The summed E-state index contributed by atoms with van der Waals surface area (Å²) in [7, 11) is 0. The molecule has 1 aromatic rings. The van der Waals surface area contributed by atoms with Crippen molar-refractivity contribution in [3.8, 4) is 5.75 Å². The summed E-state index contributed by atoms with van der Waals surface area (Å²) in [6, 6.07) is 3.33. The number of nitro benzene ring substituents is 1. The number of hydrogen-bond donors (Lipinski definition) is 1. The van der Waals surface area contributed by atoms with Crippen molar-refractivity contribution in [2.45, 2.75) is 44.8 Å². The molecule has 1 aliphatic rings. The van der Waals surface area contributed by atoms with Crippen molar-refractivity contribution in [2.75, 3.05) is 6.61 Å². The van der Waals surface area contributed by atoms with E-state index in [1.165, 1.54) is 6.07 Å². The molecule has 1 N–H and O–H groups in total. The van der Waals surface area contributed by atoms with Crippen molar-refractivity contribution >= 4 is 11.8 Å². The van der Waals surface area contributed by atoms with Crippen LogP contribution in [-0.2, 0) is 4.74 Å². The Bertz CT molecular complexity index is 623. The number of ether oxygens (including phenoxy) is 2. The molecule has 0 aliphatic heterocycles. The molecule has 0 atom stereocenters. The van der Waals surface area contributed by atoms with E-state index in [2.05, 4.69) is 5.32 Å². The summed E-state index contributed by atoms with van der Waals surface area (Å²) in [5.74, 6) is -0.789. The summed E-state index contributed by atoms with van der Waals surface area (Å²) in [6.07, 6.45) is 0.914. The first-order chi connectivity index (χ1) is 10.6. The van der Waals surface area contributed by atoms with Gasteiger partial charge in [-0.1, -0.05) is 0 Å². The van der Waals surface area contributed by atoms with Crippen LogP contribution in [0.2, 0.25) is 0 Å². The fourth-order valence-corrected chi connectivity index (χ4v) is 1.92. The molecule has 1 amide bonds. The average Bonchev–Trinajstić information content (AvgIpc) is 3.13. The summed E-state index contributed by atoms with van der Waals surface area (Å²) in [6.45, 7) is 5.44. The first kappa shape index (κ1) is 17.0. The van der Waals surface area contributed by atoms with Gasteiger partial charge in [-0.3, -0.25) is 10.1 Å². The van der Waals surface area contributed by atoms with Crippen LogP contribution in [-0.4, -0.2) is 28.8 Å². The molecule has 1 saturated carbocycles. The van der Waals surface area contributed by atoms with E-state index in [9.17, 15) is 19.3 Å². The van der Waals surface area contributed by atoms with Crippen LogP contribution in [0.3, 0.4) is 0 Å². The minimum atomic E-state index is -0.961. The summed E-state index contributed by atoms with van der Waals surface area (Å²) in [4.78, 5) is 21.5. The maximum atomic E-state index is 13.5. The Balaban J connectivity index is 1.91. The van der Waals surface area contributed by atoms with Crippen molar-refractivity contribution in [1.82, 2.24) is 5.32 Å².